The molecule has 0 bridgehead atoms. The van der Waals surface area contributed by atoms with E-state index in [2.05, 4.69) is 13.8 Å². The van der Waals surface area contributed by atoms with Gasteiger partial charge >= 0.3 is 5.97 Å². The number of carboxylic acid groups (broad SMARTS) is 1. The van der Waals surface area contributed by atoms with Crippen molar-refractivity contribution in [3.63, 3.8) is 0 Å². The van der Waals surface area contributed by atoms with Gasteiger partial charge in [-0.3, -0.25) is 0 Å². The molecule has 1 rings (SSSR count). The van der Waals surface area contributed by atoms with Crippen molar-refractivity contribution >= 4 is 5.97 Å². The average molecular weight is 169 g/mol. The Balaban J connectivity index is 2.85. The van der Waals surface area contributed by atoms with Crippen LogP contribution >= 0.6 is 0 Å². The molecule has 0 aliphatic heterocycles. The minimum atomic E-state index is -0.858. The number of carboxylic acids is 1. The Hall–Kier alpha value is -0.990. The normalized spacial score (nSPS) is 22.5. The molecule has 0 spiro atoms. The molecule has 1 aliphatic rings. The molecule has 0 saturated heterocycles. The van der Waals surface area contributed by atoms with Crippen LogP contribution in [-0.2, 0) is 4.79 Å². The third-order valence-corrected chi connectivity index (χ3v) is 2.37. The first kappa shape index (κ1) is 9.10. The molecule has 0 radical (unpaired) electrons. The molecular formula is C9H15NO2. The lowest BCUT2D eigenvalue weighted by Gasteiger charge is -2.30. The van der Waals surface area contributed by atoms with Gasteiger partial charge in [-0.15, -0.1) is 0 Å². The molecule has 3 nitrogen and oxygen atoms in total. The van der Waals surface area contributed by atoms with E-state index in [0.29, 0.717) is 24.1 Å². The van der Waals surface area contributed by atoms with E-state index in [0.717, 1.165) is 6.42 Å². The zero-order chi connectivity index (χ0) is 9.35. The van der Waals surface area contributed by atoms with Gasteiger partial charge in [0, 0.05) is 5.70 Å². The zero-order valence-corrected chi connectivity index (χ0v) is 7.55. The van der Waals surface area contributed by atoms with E-state index < -0.39 is 5.97 Å². The second kappa shape index (κ2) is 2.81. The highest BCUT2D eigenvalue weighted by Gasteiger charge is 2.28. The Kier molecular flexibility index (Phi) is 2.13. The summed E-state index contributed by atoms with van der Waals surface area (Å²) in [6.45, 7) is 4.22. The summed E-state index contributed by atoms with van der Waals surface area (Å²) in [7, 11) is 0. The molecule has 0 unspecified atom stereocenters. The summed E-state index contributed by atoms with van der Waals surface area (Å²) >= 11 is 0. The van der Waals surface area contributed by atoms with Gasteiger partial charge in [0.1, 0.15) is 0 Å². The van der Waals surface area contributed by atoms with Crippen LogP contribution in [-0.4, -0.2) is 11.1 Å². The minimum absolute atomic E-state index is 0.170. The van der Waals surface area contributed by atoms with Crippen molar-refractivity contribution in [1.82, 2.24) is 0 Å². The first-order chi connectivity index (χ1) is 5.42. The van der Waals surface area contributed by atoms with Crippen molar-refractivity contribution < 1.29 is 9.90 Å². The van der Waals surface area contributed by atoms with Crippen LogP contribution in [0.15, 0.2) is 11.3 Å². The van der Waals surface area contributed by atoms with Gasteiger partial charge in [0.25, 0.3) is 0 Å². The molecule has 1 aliphatic carbocycles. The standard InChI is InChI=1S/C9H15NO2/c1-9(2)4-3-6(8(11)12)7(10)5-9/h3-5,10H2,1-2H3,(H,11,12). The van der Waals surface area contributed by atoms with E-state index >= 15 is 0 Å². The number of carbonyl (C=O) groups is 1. The summed E-state index contributed by atoms with van der Waals surface area (Å²) in [5, 5.41) is 8.74. The highest BCUT2D eigenvalue weighted by Crippen LogP contribution is 2.36. The lowest BCUT2D eigenvalue weighted by Crippen LogP contribution is -2.24. The SMILES string of the molecule is CC1(C)CCC(C(=O)O)=C(N)C1. The number of aliphatic carboxylic acids is 1. The van der Waals surface area contributed by atoms with Crippen LogP contribution in [0.3, 0.4) is 0 Å². The molecule has 0 amide bonds. The number of allylic oxidation sites excluding steroid dienone is 1. The molecule has 0 atom stereocenters. The van der Waals surface area contributed by atoms with E-state index in [1.54, 1.807) is 0 Å². The van der Waals surface area contributed by atoms with E-state index in [1.165, 1.54) is 0 Å². The summed E-state index contributed by atoms with van der Waals surface area (Å²) in [6.07, 6.45) is 2.22. The molecule has 0 saturated carbocycles. The predicted octanol–water partition coefficient (Wildman–Crippen LogP) is 1.49. The van der Waals surface area contributed by atoms with Crippen LogP contribution in [0.2, 0.25) is 0 Å². The van der Waals surface area contributed by atoms with Gasteiger partial charge in [-0.05, 0) is 24.7 Å². The molecule has 0 heterocycles. The van der Waals surface area contributed by atoms with Crippen molar-refractivity contribution in [2.24, 2.45) is 11.1 Å². The Labute approximate surface area is 72.3 Å². The van der Waals surface area contributed by atoms with E-state index in [4.69, 9.17) is 10.8 Å². The maximum absolute atomic E-state index is 10.6. The highest BCUT2D eigenvalue weighted by molar-refractivity contribution is 5.87. The third kappa shape index (κ3) is 1.78. The van der Waals surface area contributed by atoms with Gasteiger partial charge in [0.05, 0.1) is 5.57 Å². The molecule has 3 heteroatoms. The largest absolute Gasteiger partial charge is 0.478 e. The van der Waals surface area contributed by atoms with Crippen molar-refractivity contribution in [2.75, 3.05) is 0 Å². The highest BCUT2D eigenvalue weighted by atomic mass is 16.4. The topological polar surface area (TPSA) is 63.3 Å². The summed E-state index contributed by atoms with van der Waals surface area (Å²) < 4.78 is 0. The molecular weight excluding hydrogens is 154 g/mol. The molecule has 0 aromatic heterocycles. The van der Waals surface area contributed by atoms with Crippen LogP contribution in [0.1, 0.15) is 33.1 Å². The van der Waals surface area contributed by atoms with Gasteiger partial charge in [-0.1, -0.05) is 13.8 Å². The Morgan fingerprint density at radius 1 is 1.58 bits per heavy atom. The van der Waals surface area contributed by atoms with Crippen LogP contribution in [0.25, 0.3) is 0 Å². The molecule has 0 aromatic carbocycles. The molecule has 68 valence electrons. The quantitative estimate of drug-likeness (QED) is 0.625. The fraction of sp³-hybridized carbons (Fsp3) is 0.667. The zero-order valence-electron chi connectivity index (χ0n) is 7.55. The second-order valence-corrected chi connectivity index (χ2v) is 4.15. The summed E-state index contributed by atoms with van der Waals surface area (Å²) in [5.41, 5.74) is 6.79. The predicted molar refractivity (Wildman–Crippen MR) is 46.5 cm³/mol. The maximum Gasteiger partial charge on any atom is 0.333 e. The van der Waals surface area contributed by atoms with Gasteiger partial charge < -0.3 is 10.8 Å². The second-order valence-electron chi connectivity index (χ2n) is 4.15. The summed E-state index contributed by atoms with van der Waals surface area (Å²) in [5.74, 6) is -0.858. The monoisotopic (exact) mass is 169 g/mol. The van der Waals surface area contributed by atoms with Gasteiger partial charge in [-0.2, -0.15) is 0 Å². The third-order valence-electron chi connectivity index (χ3n) is 2.37. The fourth-order valence-corrected chi connectivity index (χ4v) is 1.58. The Morgan fingerprint density at radius 2 is 2.17 bits per heavy atom. The fourth-order valence-electron chi connectivity index (χ4n) is 1.58. The minimum Gasteiger partial charge on any atom is -0.478 e. The smallest absolute Gasteiger partial charge is 0.333 e. The lowest BCUT2D eigenvalue weighted by atomic mass is 9.77. The maximum atomic E-state index is 10.6. The molecule has 12 heavy (non-hydrogen) atoms. The van der Waals surface area contributed by atoms with Gasteiger partial charge in [0.15, 0.2) is 0 Å². The van der Waals surface area contributed by atoms with Gasteiger partial charge in [0.2, 0.25) is 0 Å². The van der Waals surface area contributed by atoms with Crippen LogP contribution < -0.4 is 5.73 Å². The van der Waals surface area contributed by atoms with E-state index in [-0.39, 0.29) is 5.41 Å². The number of nitrogens with two attached hydrogens (primary N) is 1. The number of hydrogen-bond acceptors (Lipinski definition) is 2. The Morgan fingerprint density at radius 3 is 2.58 bits per heavy atom. The van der Waals surface area contributed by atoms with E-state index in [9.17, 15) is 4.79 Å². The van der Waals surface area contributed by atoms with Crippen molar-refractivity contribution in [3.8, 4) is 0 Å². The van der Waals surface area contributed by atoms with Crippen LogP contribution in [0, 0.1) is 5.41 Å². The lowest BCUT2D eigenvalue weighted by molar-refractivity contribution is -0.133. The molecule has 3 N–H and O–H groups in total. The first-order valence-corrected chi connectivity index (χ1v) is 4.13. The first-order valence-electron chi connectivity index (χ1n) is 4.13. The van der Waals surface area contributed by atoms with Crippen molar-refractivity contribution in [3.05, 3.63) is 11.3 Å². The number of hydrogen-bond donors (Lipinski definition) is 2. The van der Waals surface area contributed by atoms with Crippen molar-refractivity contribution in [2.45, 2.75) is 33.1 Å². The number of rotatable bonds is 1. The Bertz CT molecular complexity index is 241. The van der Waals surface area contributed by atoms with Crippen LogP contribution in [0.4, 0.5) is 0 Å². The molecule has 0 fully saturated rings. The summed E-state index contributed by atoms with van der Waals surface area (Å²) in [6, 6.07) is 0. The molecule has 0 aromatic rings. The summed E-state index contributed by atoms with van der Waals surface area (Å²) in [4.78, 5) is 10.6. The van der Waals surface area contributed by atoms with Gasteiger partial charge in [-0.25, -0.2) is 4.79 Å². The van der Waals surface area contributed by atoms with Crippen LogP contribution in [0.5, 0.6) is 0 Å². The van der Waals surface area contributed by atoms with E-state index in [1.807, 2.05) is 0 Å². The average Bonchev–Trinajstić information content (AvgIpc) is 1.83. The van der Waals surface area contributed by atoms with Crippen molar-refractivity contribution in [1.29, 1.82) is 0 Å².